The summed E-state index contributed by atoms with van der Waals surface area (Å²) < 4.78 is 12.7. The number of methoxy groups -OCH3 is 2. The first kappa shape index (κ1) is 19.9. The fourth-order valence-electron chi connectivity index (χ4n) is 4.15. The summed E-state index contributed by atoms with van der Waals surface area (Å²) >= 11 is 0. The molecule has 32 heavy (non-hydrogen) atoms. The van der Waals surface area contributed by atoms with Gasteiger partial charge in [0.05, 0.1) is 25.3 Å². The average Bonchev–Trinajstić information content (AvgIpc) is 3.19. The number of fused-ring (bicyclic) bond motifs is 3. The van der Waals surface area contributed by atoms with Gasteiger partial charge in [-0.2, -0.15) is 5.10 Å². The van der Waals surface area contributed by atoms with E-state index in [1.54, 1.807) is 14.2 Å². The van der Waals surface area contributed by atoms with Crippen LogP contribution in [0.4, 0.5) is 0 Å². The normalized spacial score (nSPS) is 11.6. The second-order valence-electron chi connectivity index (χ2n) is 7.63. The summed E-state index contributed by atoms with van der Waals surface area (Å²) in [4.78, 5) is 0. The van der Waals surface area contributed by atoms with Crippen molar-refractivity contribution in [2.24, 2.45) is 5.10 Å². The van der Waals surface area contributed by atoms with Crippen LogP contribution in [0.3, 0.4) is 0 Å². The molecule has 1 heterocycles. The number of ether oxygens (including phenoxy) is 2. The highest BCUT2D eigenvalue weighted by Gasteiger charge is 2.14. The predicted octanol–water partition coefficient (Wildman–Crippen LogP) is 6.48. The summed E-state index contributed by atoms with van der Waals surface area (Å²) in [5.41, 5.74) is 4.46. The average molecular weight is 421 g/mol. The summed E-state index contributed by atoms with van der Waals surface area (Å²) in [7, 11) is 3.36. The van der Waals surface area contributed by atoms with Crippen LogP contribution in [0.2, 0.25) is 0 Å². The smallest absolute Gasteiger partial charge is 0.118 e. The molecule has 0 radical (unpaired) electrons. The molecular weight excluding hydrogens is 396 g/mol. The first-order valence-corrected chi connectivity index (χ1v) is 10.6. The van der Waals surface area contributed by atoms with Crippen LogP contribution in [0.15, 0.2) is 102 Å². The van der Waals surface area contributed by atoms with Crippen LogP contribution in [0.25, 0.3) is 21.8 Å². The quantitative estimate of drug-likeness (QED) is 0.295. The van der Waals surface area contributed by atoms with E-state index in [-0.39, 0.29) is 5.92 Å². The highest BCUT2D eigenvalue weighted by atomic mass is 16.5. The fourth-order valence-corrected chi connectivity index (χ4v) is 4.15. The summed E-state index contributed by atoms with van der Waals surface area (Å²) in [6.45, 7) is 0. The molecule has 4 nitrogen and oxygen atoms in total. The molecule has 0 fully saturated rings. The second-order valence-corrected chi connectivity index (χ2v) is 7.63. The van der Waals surface area contributed by atoms with E-state index in [4.69, 9.17) is 14.6 Å². The van der Waals surface area contributed by atoms with Crippen LogP contribution >= 0.6 is 0 Å². The first-order chi connectivity index (χ1) is 15.8. The van der Waals surface area contributed by atoms with Gasteiger partial charge in [-0.25, -0.2) is 4.68 Å². The van der Waals surface area contributed by atoms with Crippen molar-refractivity contribution in [3.8, 4) is 11.5 Å². The zero-order valence-electron chi connectivity index (χ0n) is 18.1. The summed E-state index contributed by atoms with van der Waals surface area (Å²) in [6, 6.07) is 33.1. The minimum absolute atomic E-state index is 0.0215. The van der Waals surface area contributed by atoms with E-state index < -0.39 is 0 Å². The Kier molecular flexibility index (Phi) is 5.34. The number of hydrogen-bond donors (Lipinski definition) is 0. The molecule has 0 aliphatic carbocycles. The third-order valence-electron chi connectivity index (χ3n) is 5.84. The van der Waals surface area contributed by atoms with Crippen LogP contribution < -0.4 is 9.47 Å². The fraction of sp³-hybridized carbons (Fsp3) is 0.107. The molecule has 0 bridgehead atoms. The molecule has 1 aromatic heterocycles. The van der Waals surface area contributed by atoms with Crippen molar-refractivity contribution in [2.45, 2.75) is 5.92 Å². The summed E-state index contributed by atoms with van der Waals surface area (Å²) in [5, 5.41) is 7.39. The van der Waals surface area contributed by atoms with Crippen LogP contribution in [-0.2, 0) is 0 Å². The topological polar surface area (TPSA) is 35.8 Å². The Morgan fingerprint density at radius 1 is 0.625 bits per heavy atom. The summed E-state index contributed by atoms with van der Waals surface area (Å²) in [5.74, 6) is 1.65. The molecule has 4 heteroatoms. The molecule has 0 saturated heterocycles. The monoisotopic (exact) mass is 420 g/mol. The van der Waals surface area contributed by atoms with Crippen molar-refractivity contribution in [3.63, 3.8) is 0 Å². The Morgan fingerprint density at radius 2 is 1.06 bits per heavy atom. The van der Waals surface area contributed by atoms with Gasteiger partial charge in [-0.05, 0) is 47.5 Å². The van der Waals surface area contributed by atoms with Crippen LogP contribution in [0, 0.1) is 0 Å². The Hall–Kier alpha value is -4.05. The molecule has 0 aliphatic heterocycles. The van der Waals surface area contributed by atoms with Gasteiger partial charge in [0.2, 0.25) is 0 Å². The van der Waals surface area contributed by atoms with Crippen molar-refractivity contribution in [2.75, 3.05) is 14.2 Å². The summed E-state index contributed by atoms with van der Waals surface area (Å²) in [6.07, 6.45) is 2.02. The van der Waals surface area contributed by atoms with E-state index in [1.165, 1.54) is 10.8 Å². The zero-order chi connectivity index (χ0) is 21.9. The standard InChI is InChI=1S/C28H24N2O2/c1-31-22-15-11-20(12-16-22)26(21-13-17-23(32-2)18-14-21)19-29-30-27-9-5-3-7-24(27)25-8-4-6-10-28(25)30/h3-19,26H,1-2H3. The molecule has 0 aliphatic rings. The largest absolute Gasteiger partial charge is 0.497 e. The lowest BCUT2D eigenvalue weighted by molar-refractivity contribution is 0.414. The molecule has 0 saturated carbocycles. The number of nitrogens with zero attached hydrogens (tertiary/aromatic N) is 2. The highest BCUT2D eigenvalue weighted by Crippen LogP contribution is 2.30. The van der Waals surface area contributed by atoms with Gasteiger partial charge in [-0.15, -0.1) is 0 Å². The Balaban J connectivity index is 1.63. The van der Waals surface area contributed by atoms with E-state index in [1.807, 2.05) is 35.2 Å². The van der Waals surface area contributed by atoms with Crippen molar-refractivity contribution < 1.29 is 9.47 Å². The maximum absolute atomic E-state index is 5.35. The third-order valence-corrected chi connectivity index (χ3v) is 5.84. The van der Waals surface area contributed by atoms with Gasteiger partial charge in [0.1, 0.15) is 11.5 Å². The van der Waals surface area contributed by atoms with Gasteiger partial charge >= 0.3 is 0 Å². The molecule has 0 unspecified atom stereocenters. The van der Waals surface area contributed by atoms with Crippen LogP contribution in [-0.4, -0.2) is 25.1 Å². The van der Waals surface area contributed by atoms with Crippen LogP contribution in [0.1, 0.15) is 17.0 Å². The number of para-hydroxylation sites is 2. The van der Waals surface area contributed by atoms with E-state index in [0.29, 0.717) is 0 Å². The molecule has 4 aromatic carbocycles. The lowest BCUT2D eigenvalue weighted by atomic mass is 9.92. The van der Waals surface area contributed by atoms with E-state index in [9.17, 15) is 0 Å². The molecule has 158 valence electrons. The third kappa shape index (κ3) is 3.60. The second kappa shape index (κ2) is 8.60. The Labute approximate surface area is 187 Å². The minimum atomic E-state index is -0.0215. The molecule has 5 rings (SSSR count). The van der Waals surface area contributed by atoms with E-state index in [0.717, 1.165) is 33.7 Å². The van der Waals surface area contributed by atoms with Gasteiger partial charge in [-0.3, -0.25) is 0 Å². The van der Waals surface area contributed by atoms with Gasteiger partial charge in [0, 0.05) is 22.9 Å². The minimum Gasteiger partial charge on any atom is -0.497 e. The number of benzene rings is 4. The SMILES string of the molecule is COc1ccc(C(C=Nn2c3ccccc3c3ccccc32)c2ccc(OC)cc2)cc1. The Bertz CT molecular complexity index is 1280. The van der Waals surface area contributed by atoms with Crippen molar-refractivity contribution in [1.82, 2.24) is 4.68 Å². The lowest BCUT2D eigenvalue weighted by Crippen LogP contribution is -2.04. The number of rotatable bonds is 6. The molecular formula is C28H24N2O2. The van der Waals surface area contributed by atoms with Gasteiger partial charge in [-0.1, -0.05) is 60.7 Å². The van der Waals surface area contributed by atoms with Crippen molar-refractivity contribution >= 4 is 28.0 Å². The molecule has 0 amide bonds. The van der Waals surface area contributed by atoms with Crippen LogP contribution in [0.5, 0.6) is 11.5 Å². The van der Waals surface area contributed by atoms with Crippen molar-refractivity contribution in [3.05, 3.63) is 108 Å². The maximum Gasteiger partial charge on any atom is 0.118 e. The number of aromatic nitrogens is 1. The molecule has 5 aromatic rings. The highest BCUT2D eigenvalue weighted by molar-refractivity contribution is 6.08. The molecule has 0 N–H and O–H groups in total. The van der Waals surface area contributed by atoms with Gasteiger partial charge in [0.15, 0.2) is 0 Å². The van der Waals surface area contributed by atoms with Gasteiger partial charge in [0.25, 0.3) is 0 Å². The lowest BCUT2D eigenvalue weighted by Gasteiger charge is -2.15. The number of hydrogen-bond acceptors (Lipinski definition) is 3. The van der Waals surface area contributed by atoms with E-state index >= 15 is 0 Å². The van der Waals surface area contributed by atoms with E-state index in [2.05, 4.69) is 72.8 Å². The molecule has 0 atom stereocenters. The predicted molar refractivity (Wildman–Crippen MR) is 131 cm³/mol. The maximum atomic E-state index is 5.35. The zero-order valence-corrected chi connectivity index (χ0v) is 18.1. The Morgan fingerprint density at radius 3 is 1.50 bits per heavy atom. The first-order valence-electron chi connectivity index (χ1n) is 10.6. The molecule has 0 spiro atoms. The van der Waals surface area contributed by atoms with Crippen molar-refractivity contribution in [1.29, 1.82) is 0 Å². The van der Waals surface area contributed by atoms with Gasteiger partial charge < -0.3 is 9.47 Å².